The van der Waals surface area contributed by atoms with E-state index in [2.05, 4.69) is 15.5 Å². The number of carbonyl (C=O) groups is 2. The van der Waals surface area contributed by atoms with Gasteiger partial charge in [-0.1, -0.05) is 17.8 Å². The highest BCUT2D eigenvalue weighted by Gasteiger charge is 2.38. The maximum atomic E-state index is 12.5. The van der Waals surface area contributed by atoms with Crippen LogP contribution in [0.2, 0.25) is 0 Å². The average Bonchev–Trinajstić information content (AvgIpc) is 3.25. The van der Waals surface area contributed by atoms with E-state index in [0.717, 1.165) is 28.6 Å². The highest BCUT2D eigenvalue weighted by atomic mass is 32.2. The molecule has 2 fully saturated rings. The standard InChI is InChI=1S/C21H23N3O2S/c1-14(25)22-17-3-2-4-19(11-17)27-18-7-5-15(6-8-18)21(26)23-20-13-24-10-9-16(20)12-24/h2-8,11,16,20H,9-10,12-13H2,1H3,(H,22,25)(H,23,26). The predicted octanol–water partition coefficient (Wildman–Crippen LogP) is 3.23. The maximum absolute atomic E-state index is 12.5. The van der Waals surface area contributed by atoms with Crippen molar-refractivity contribution in [3.8, 4) is 0 Å². The predicted molar refractivity (Wildman–Crippen MR) is 107 cm³/mol. The van der Waals surface area contributed by atoms with E-state index in [-0.39, 0.29) is 17.9 Å². The highest BCUT2D eigenvalue weighted by Crippen LogP contribution is 2.30. The van der Waals surface area contributed by atoms with E-state index in [1.165, 1.54) is 19.9 Å². The summed E-state index contributed by atoms with van der Waals surface area (Å²) in [4.78, 5) is 28.2. The number of piperidine rings is 1. The molecule has 5 nitrogen and oxygen atoms in total. The van der Waals surface area contributed by atoms with Gasteiger partial charge in [0, 0.05) is 47.1 Å². The molecular weight excluding hydrogens is 358 g/mol. The number of hydrogen-bond donors (Lipinski definition) is 2. The van der Waals surface area contributed by atoms with Crippen molar-refractivity contribution >= 4 is 29.3 Å². The van der Waals surface area contributed by atoms with Gasteiger partial charge in [-0.15, -0.1) is 0 Å². The molecule has 2 amide bonds. The molecule has 0 radical (unpaired) electrons. The largest absolute Gasteiger partial charge is 0.348 e. The molecule has 3 atom stereocenters. The molecule has 2 heterocycles. The van der Waals surface area contributed by atoms with E-state index < -0.39 is 0 Å². The first-order chi connectivity index (χ1) is 13.1. The smallest absolute Gasteiger partial charge is 0.251 e. The minimum Gasteiger partial charge on any atom is -0.348 e. The Morgan fingerprint density at radius 2 is 1.89 bits per heavy atom. The van der Waals surface area contributed by atoms with E-state index in [1.807, 2.05) is 48.5 Å². The van der Waals surface area contributed by atoms with Crippen molar-refractivity contribution in [3.63, 3.8) is 0 Å². The molecule has 2 aliphatic heterocycles. The molecule has 2 saturated heterocycles. The summed E-state index contributed by atoms with van der Waals surface area (Å²) < 4.78 is 0. The van der Waals surface area contributed by atoms with Gasteiger partial charge in [0.1, 0.15) is 0 Å². The first kappa shape index (κ1) is 18.1. The molecule has 140 valence electrons. The number of anilines is 1. The van der Waals surface area contributed by atoms with E-state index in [0.29, 0.717) is 11.5 Å². The van der Waals surface area contributed by atoms with Crippen LogP contribution in [-0.4, -0.2) is 42.4 Å². The van der Waals surface area contributed by atoms with Crippen LogP contribution in [0.4, 0.5) is 5.69 Å². The summed E-state index contributed by atoms with van der Waals surface area (Å²) in [5.41, 5.74) is 1.48. The van der Waals surface area contributed by atoms with Crippen molar-refractivity contribution in [1.29, 1.82) is 0 Å². The number of carbonyl (C=O) groups excluding carboxylic acids is 2. The fourth-order valence-corrected chi connectivity index (χ4v) is 4.73. The topological polar surface area (TPSA) is 61.4 Å². The summed E-state index contributed by atoms with van der Waals surface area (Å²) in [6.45, 7) is 4.77. The first-order valence-corrected chi connectivity index (χ1v) is 10.1. The monoisotopic (exact) mass is 381 g/mol. The number of hydrogen-bond acceptors (Lipinski definition) is 4. The molecule has 2 aliphatic rings. The van der Waals surface area contributed by atoms with Crippen LogP contribution in [0, 0.1) is 5.92 Å². The van der Waals surface area contributed by atoms with Crippen LogP contribution >= 0.6 is 11.8 Å². The van der Waals surface area contributed by atoms with Gasteiger partial charge >= 0.3 is 0 Å². The molecule has 4 rings (SSSR count). The van der Waals surface area contributed by atoms with Crippen LogP contribution in [-0.2, 0) is 4.79 Å². The van der Waals surface area contributed by atoms with Gasteiger partial charge in [0.25, 0.3) is 5.91 Å². The molecule has 0 spiro atoms. The SMILES string of the molecule is CC(=O)Nc1cccc(Sc2ccc(C(=O)NC3CN4CCC3C4)cc2)c1. The summed E-state index contributed by atoms with van der Waals surface area (Å²) in [5.74, 6) is 0.539. The number of nitrogens with one attached hydrogen (secondary N) is 2. The van der Waals surface area contributed by atoms with Gasteiger partial charge in [0.15, 0.2) is 0 Å². The molecule has 3 unspecified atom stereocenters. The summed E-state index contributed by atoms with van der Waals surface area (Å²) in [6, 6.07) is 15.7. The van der Waals surface area contributed by atoms with Crippen LogP contribution in [0.25, 0.3) is 0 Å². The Hall–Kier alpha value is -2.31. The highest BCUT2D eigenvalue weighted by molar-refractivity contribution is 7.99. The molecule has 0 aromatic heterocycles. The van der Waals surface area contributed by atoms with Crippen molar-refractivity contribution in [2.45, 2.75) is 29.2 Å². The van der Waals surface area contributed by atoms with E-state index in [9.17, 15) is 9.59 Å². The van der Waals surface area contributed by atoms with Crippen molar-refractivity contribution in [2.24, 2.45) is 5.92 Å². The normalized spacial score (nSPS) is 23.2. The average molecular weight is 382 g/mol. The molecule has 2 bridgehead atoms. The van der Waals surface area contributed by atoms with E-state index >= 15 is 0 Å². The molecule has 0 saturated carbocycles. The zero-order valence-electron chi connectivity index (χ0n) is 15.3. The molecule has 27 heavy (non-hydrogen) atoms. The number of benzene rings is 2. The number of nitrogens with zero attached hydrogens (tertiary/aromatic N) is 1. The summed E-state index contributed by atoms with van der Waals surface area (Å²) >= 11 is 1.60. The summed E-state index contributed by atoms with van der Waals surface area (Å²) in [6.07, 6.45) is 1.19. The Labute approximate surface area is 163 Å². The Balaban J connectivity index is 1.37. The molecule has 2 aromatic rings. The lowest BCUT2D eigenvalue weighted by Crippen LogP contribution is -2.43. The van der Waals surface area contributed by atoms with Crippen LogP contribution in [0.15, 0.2) is 58.3 Å². The van der Waals surface area contributed by atoms with Gasteiger partial charge in [-0.2, -0.15) is 0 Å². The second kappa shape index (κ2) is 7.74. The van der Waals surface area contributed by atoms with Gasteiger partial charge in [-0.3, -0.25) is 9.59 Å². The van der Waals surface area contributed by atoms with Gasteiger partial charge in [-0.05, 0) is 61.3 Å². The quantitative estimate of drug-likeness (QED) is 0.835. The second-order valence-corrected chi connectivity index (χ2v) is 8.37. The third-order valence-electron chi connectivity index (χ3n) is 5.16. The minimum atomic E-state index is -0.0835. The molecule has 6 heteroatoms. The third kappa shape index (κ3) is 4.34. The number of rotatable bonds is 5. The number of fused-ring (bicyclic) bond motifs is 2. The van der Waals surface area contributed by atoms with Crippen LogP contribution < -0.4 is 10.6 Å². The molecule has 2 aromatic carbocycles. The van der Waals surface area contributed by atoms with Crippen LogP contribution in [0.1, 0.15) is 23.7 Å². The summed E-state index contributed by atoms with van der Waals surface area (Å²) in [5, 5.41) is 5.99. The lowest BCUT2D eigenvalue weighted by molar-refractivity contribution is -0.114. The molecule has 0 aliphatic carbocycles. The molecular formula is C21H23N3O2S. The van der Waals surface area contributed by atoms with Crippen LogP contribution in [0.5, 0.6) is 0 Å². The van der Waals surface area contributed by atoms with Crippen molar-refractivity contribution in [3.05, 3.63) is 54.1 Å². The van der Waals surface area contributed by atoms with Crippen molar-refractivity contribution in [2.75, 3.05) is 25.0 Å². The fourth-order valence-electron chi connectivity index (χ4n) is 3.85. The summed E-state index contributed by atoms with van der Waals surface area (Å²) in [7, 11) is 0. The fraction of sp³-hybridized carbons (Fsp3) is 0.333. The Morgan fingerprint density at radius 3 is 2.56 bits per heavy atom. The van der Waals surface area contributed by atoms with Gasteiger partial charge in [0.05, 0.1) is 0 Å². The zero-order valence-corrected chi connectivity index (χ0v) is 16.1. The number of amides is 2. The first-order valence-electron chi connectivity index (χ1n) is 9.25. The Bertz CT molecular complexity index is 853. The van der Waals surface area contributed by atoms with Gasteiger partial charge in [0.2, 0.25) is 5.91 Å². The minimum absolute atomic E-state index is 0.0120. The van der Waals surface area contributed by atoms with E-state index in [1.54, 1.807) is 11.8 Å². The van der Waals surface area contributed by atoms with Crippen molar-refractivity contribution < 1.29 is 9.59 Å². The Morgan fingerprint density at radius 1 is 1.07 bits per heavy atom. The van der Waals surface area contributed by atoms with Gasteiger partial charge in [-0.25, -0.2) is 0 Å². The van der Waals surface area contributed by atoms with Crippen LogP contribution in [0.3, 0.4) is 0 Å². The lowest BCUT2D eigenvalue weighted by atomic mass is 9.99. The third-order valence-corrected chi connectivity index (χ3v) is 6.15. The van der Waals surface area contributed by atoms with E-state index in [4.69, 9.17) is 0 Å². The maximum Gasteiger partial charge on any atom is 0.251 e. The Kier molecular flexibility index (Phi) is 5.18. The van der Waals surface area contributed by atoms with Crippen molar-refractivity contribution in [1.82, 2.24) is 10.2 Å². The lowest BCUT2D eigenvalue weighted by Gasteiger charge is -2.23. The molecule has 2 N–H and O–H groups in total. The zero-order chi connectivity index (χ0) is 18.8. The second-order valence-electron chi connectivity index (χ2n) is 7.22. The van der Waals surface area contributed by atoms with Gasteiger partial charge < -0.3 is 15.5 Å².